The van der Waals surface area contributed by atoms with Gasteiger partial charge >= 0.3 is 5.69 Å². The third-order valence-corrected chi connectivity index (χ3v) is 3.83. The van der Waals surface area contributed by atoms with Crippen LogP contribution in [0.5, 0.6) is 0 Å². The Morgan fingerprint density at radius 2 is 1.88 bits per heavy atom. The molecule has 0 bridgehead atoms. The van der Waals surface area contributed by atoms with E-state index in [1.165, 1.54) is 11.8 Å². The zero-order chi connectivity index (χ0) is 17.7. The van der Waals surface area contributed by atoms with Crippen LogP contribution in [0.15, 0.2) is 40.1 Å². The normalized spacial score (nSPS) is 12.2. The monoisotopic (exact) mass is 330 g/mol. The molecule has 7 heteroatoms. The maximum absolute atomic E-state index is 12.1. The number of carbonyl (C=O) groups is 1. The zero-order valence-electron chi connectivity index (χ0n) is 14.1. The van der Waals surface area contributed by atoms with E-state index in [2.05, 4.69) is 15.3 Å². The molecule has 1 amide bonds. The molecule has 0 fully saturated rings. The molecule has 0 aliphatic carbocycles. The van der Waals surface area contributed by atoms with Crippen molar-refractivity contribution in [2.24, 2.45) is 0 Å². The molecule has 128 valence electrons. The second-order valence-corrected chi connectivity index (χ2v) is 5.97. The summed E-state index contributed by atoms with van der Waals surface area (Å²) in [6, 6.07) is 8.18. The maximum atomic E-state index is 12.1. The number of carbonyl (C=O) groups excluding carboxylic acids is 1. The van der Waals surface area contributed by atoms with Gasteiger partial charge in [0.2, 0.25) is 5.91 Å². The molecular weight excluding hydrogens is 308 g/mol. The minimum absolute atomic E-state index is 0.0309. The summed E-state index contributed by atoms with van der Waals surface area (Å²) in [7, 11) is 3.90. The van der Waals surface area contributed by atoms with Crippen molar-refractivity contribution >= 4 is 5.91 Å². The number of hydrogen-bond donors (Lipinski definition) is 3. The van der Waals surface area contributed by atoms with Crippen molar-refractivity contribution in [3.63, 3.8) is 0 Å². The Hall–Kier alpha value is -2.67. The maximum Gasteiger partial charge on any atom is 0.325 e. The van der Waals surface area contributed by atoms with E-state index in [4.69, 9.17) is 0 Å². The molecule has 0 spiro atoms. The number of hydrogen-bond acceptors (Lipinski definition) is 4. The molecule has 0 radical (unpaired) electrons. The Bertz CT molecular complexity index is 806. The highest BCUT2D eigenvalue weighted by Gasteiger charge is 2.16. The quantitative estimate of drug-likeness (QED) is 0.711. The van der Waals surface area contributed by atoms with Gasteiger partial charge in [-0.2, -0.15) is 0 Å². The van der Waals surface area contributed by atoms with Gasteiger partial charge in [-0.25, -0.2) is 4.79 Å². The number of nitrogens with zero attached hydrogens (tertiary/aromatic N) is 1. The molecular formula is C17H22N4O3. The highest BCUT2D eigenvalue weighted by molar-refractivity contribution is 5.78. The number of likely N-dealkylation sites (N-methyl/N-ethyl adjacent to an activating group) is 1. The molecule has 3 N–H and O–H groups in total. The SMILES string of the molecule is Cc1ccc([C@H](CNC(=O)Cc2c[nH]c(=O)[nH]c2=O)N(C)C)cc1. The first-order chi connectivity index (χ1) is 11.4. The van der Waals surface area contributed by atoms with Gasteiger partial charge in [-0.05, 0) is 26.6 Å². The lowest BCUT2D eigenvalue weighted by molar-refractivity contribution is -0.120. The first kappa shape index (κ1) is 17.7. The van der Waals surface area contributed by atoms with E-state index in [0.717, 1.165) is 5.56 Å². The van der Waals surface area contributed by atoms with E-state index in [-0.39, 0.29) is 23.9 Å². The molecule has 24 heavy (non-hydrogen) atoms. The molecule has 1 heterocycles. The minimum atomic E-state index is -0.587. The van der Waals surface area contributed by atoms with Gasteiger partial charge in [-0.3, -0.25) is 14.6 Å². The average molecular weight is 330 g/mol. The van der Waals surface area contributed by atoms with Gasteiger partial charge in [-0.1, -0.05) is 29.8 Å². The van der Waals surface area contributed by atoms with Crippen molar-refractivity contribution in [1.82, 2.24) is 20.2 Å². The molecule has 0 saturated heterocycles. The van der Waals surface area contributed by atoms with Gasteiger partial charge in [0, 0.05) is 18.3 Å². The van der Waals surface area contributed by atoms with E-state index in [9.17, 15) is 14.4 Å². The summed E-state index contributed by atoms with van der Waals surface area (Å²) in [6.45, 7) is 2.45. The second-order valence-electron chi connectivity index (χ2n) is 5.97. The summed E-state index contributed by atoms with van der Waals surface area (Å²) in [4.78, 5) is 41.2. The predicted molar refractivity (Wildman–Crippen MR) is 92.0 cm³/mol. The summed E-state index contributed by atoms with van der Waals surface area (Å²) in [6.07, 6.45) is 1.18. The smallest absolute Gasteiger partial charge is 0.325 e. The van der Waals surface area contributed by atoms with Crippen LogP contribution in [0.3, 0.4) is 0 Å². The summed E-state index contributed by atoms with van der Waals surface area (Å²) in [5.41, 5.74) is 1.38. The van der Waals surface area contributed by atoms with Crippen molar-refractivity contribution in [2.75, 3.05) is 20.6 Å². The number of aromatic amines is 2. The van der Waals surface area contributed by atoms with Crippen LogP contribution in [0.2, 0.25) is 0 Å². The summed E-state index contributed by atoms with van der Waals surface area (Å²) in [5.74, 6) is -0.272. The Kier molecular flexibility index (Phi) is 5.70. The fourth-order valence-electron chi connectivity index (χ4n) is 2.40. The van der Waals surface area contributed by atoms with Gasteiger partial charge in [0.25, 0.3) is 5.56 Å². The molecule has 0 aliphatic rings. The Balaban J connectivity index is 2.01. The van der Waals surface area contributed by atoms with E-state index < -0.39 is 11.2 Å². The fourth-order valence-corrected chi connectivity index (χ4v) is 2.40. The van der Waals surface area contributed by atoms with Gasteiger partial charge in [0.15, 0.2) is 0 Å². The topological polar surface area (TPSA) is 98.1 Å². The van der Waals surface area contributed by atoms with Crippen LogP contribution < -0.4 is 16.6 Å². The molecule has 0 saturated carbocycles. The lowest BCUT2D eigenvalue weighted by Gasteiger charge is -2.25. The lowest BCUT2D eigenvalue weighted by atomic mass is 10.0. The standard InChI is InChI=1S/C17H22N4O3/c1-11-4-6-12(7-5-11)14(21(2)3)10-18-15(22)8-13-9-19-17(24)20-16(13)23/h4-7,9,14H,8,10H2,1-3H3,(H,18,22)(H2,19,20,23,24)/t14-/m0/s1. The minimum Gasteiger partial charge on any atom is -0.354 e. The van der Waals surface area contributed by atoms with Crippen LogP contribution in [-0.2, 0) is 11.2 Å². The van der Waals surface area contributed by atoms with Crippen molar-refractivity contribution in [3.8, 4) is 0 Å². The number of rotatable bonds is 6. The van der Waals surface area contributed by atoms with Crippen molar-refractivity contribution < 1.29 is 4.79 Å². The Morgan fingerprint density at radius 1 is 1.21 bits per heavy atom. The third kappa shape index (κ3) is 4.66. The van der Waals surface area contributed by atoms with E-state index in [1.54, 1.807) is 0 Å². The average Bonchev–Trinajstić information content (AvgIpc) is 2.52. The van der Waals surface area contributed by atoms with Crippen molar-refractivity contribution in [2.45, 2.75) is 19.4 Å². The second kappa shape index (κ2) is 7.74. The van der Waals surface area contributed by atoms with Crippen LogP contribution in [0.4, 0.5) is 0 Å². The van der Waals surface area contributed by atoms with E-state index >= 15 is 0 Å². The van der Waals surface area contributed by atoms with Gasteiger partial charge in [-0.15, -0.1) is 0 Å². The number of aromatic nitrogens is 2. The Labute approximate surface area is 139 Å². The van der Waals surface area contributed by atoms with Gasteiger partial charge < -0.3 is 15.2 Å². The molecule has 7 nitrogen and oxygen atoms in total. The third-order valence-electron chi connectivity index (χ3n) is 3.83. The summed E-state index contributed by atoms with van der Waals surface area (Å²) in [5, 5.41) is 2.84. The highest BCUT2D eigenvalue weighted by Crippen LogP contribution is 2.17. The molecule has 2 aromatic rings. The van der Waals surface area contributed by atoms with Crippen molar-refractivity contribution in [1.29, 1.82) is 0 Å². The van der Waals surface area contributed by atoms with Crippen LogP contribution in [0.25, 0.3) is 0 Å². The van der Waals surface area contributed by atoms with E-state index in [1.807, 2.05) is 50.2 Å². The molecule has 0 unspecified atom stereocenters. The summed E-state index contributed by atoms with van der Waals surface area (Å²) < 4.78 is 0. The van der Waals surface area contributed by atoms with Gasteiger partial charge in [0.1, 0.15) is 0 Å². The molecule has 1 atom stereocenters. The number of nitrogens with one attached hydrogen (secondary N) is 3. The van der Waals surface area contributed by atoms with Crippen LogP contribution >= 0.6 is 0 Å². The Morgan fingerprint density at radius 3 is 2.46 bits per heavy atom. The first-order valence-electron chi connectivity index (χ1n) is 7.67. The molecule has 0 aliphatic heterocycles. The predicted octanol–water partition coefficient (Wildman–Crippen LogP) is 0.333. The van der Waals surface area contributed by atoms with Crippen LogP contribution in [0.1, 0.15) is 22.7 Å². The van der Waals surface area contributed by atoms with Crippen molar-refractivity contribution in [3.05, 3.63) is 68.0 Å². The molecule has 2 rings (SSSR count). The van der Waals surface area contributed by atoms with Crippen LogP contribution in [0, 0.1) is 6.92 Å². The molecule has 1 aromatic heterocycles. The number of aryl methyl sites for hydroxylation is 1. The largest absolute Gasteiger partial charge is 0.354 e. The number of amides is 1. The lowest BCUT2D eigenvalue weighted by Crippen LogP contribution is -2.36. The summed E-state index contributed by atoms with van der Waals surface area (Å²) >= 11 is 0. The van der Waals surface area contributed by atoms with E-state index in [0.29, 0.717) is 6.54 Å². The fraction of sp³-hybridized carbons (Fsp3) is 0.353. The highest BCUT2D eigenvalue weighted by atomic mass is 16.2. The van der Waals surface area contributed by atoms with Crippen LogP contribution in [-0.4, -0.2) is 41.4 Å². The zero-order valence-corrected chi connectivity index (χ0v) is 14.1. The first-order valence-corrected chi connectivity index (χ1v) is 7.67. The number of benzene rings is 1. The molecule has 1 aromatic carbocycles. The van der Waals surface area contributed by atoms with Gasteiger partial charge in [0.05, 0.1) is 12.5 Å². The number of H-pyrrole nitrogens is 2.